The lowest BCUT2D eigenvalue weighted by molar-refractivity contribution is -0.141. The third-order valence-corrected chi connectivity index (χ3v) is 4.25. The maximum absolute atomic E-state index is 12.9. The third kappa shape index (κ3) is 3.18. The molecule has 0 aliphatic rings. The van der Waals surface area contributed by atoms with E-state index in [-0.39, 0.29) is 0 Å². The van der Waals surface area contributed by atoms with Crippen molar-refractivity contribution in [1.82, 2.24) is 10.2 Å². The molecule has 0 radical (unpaired) electrons. The topological polar surface area (TPSA) is 57.8 Å². The molecule has 0 spiro atoms. The standard InChI is InChI=1S/C16H12F3N3OS/c1-9-2-4-10(5-3-9)11-6-7-24-15(11)21-14(23)12-8-20-22-13(12)16(17,18)19/h2-8H,1H3,(H,20,22)(H,21,23). The van der Waals surface area contributed by atoms with E-state index < -0.39 is 23.3 Å². The number of rotatable bonds is 3. The third-order valence-electron chi connectivity index (χ3n) is 3.42. The van der Waals surface area contributed by atoms with Crippen molar-refractivity contribution in [2.24, 2.45) is 0 Å². The molecule has 3 rings (SSSR count). The minimum absolute atomic E-state index is 0.484. The van der Waals surface area contributed by atoms with Gasteiger partial charge >= 0.3 is 6.18 Å². The van der Waals surface area contributed by atoms with Gasteiger partial charge in [-0.05, 0) is 23.9 Å². The van der Waals surface area contributed by atoms with Gasteiger partial charge in [0.2, 0.25) is 0 Å². The molecule has 2 aromatic heterocycles. The van der Waals surface area contributed by atoms with Crippen molar-refractivity contribution in [3.8, 4) is 11.1 Å². The molecule has 0 aliphatic carbocycles. The Hall–Kier alpha value is -2.61. The highest BCUT2D eigenvalue weighted by atomic mass is 32.1. The van der Waals surface area contributed by atoms with Crippen molar-refractivity contribution in [2.45, 2.75) is 13.1 Å². The van der Waals surface area contributed by atoms with Crippen molar-refractivity contribution >= 4 is 22.2 Å². The highest BCUT2D eigenvalue weighted by Crippen LogP contribution is 2.35. The van der Waals surface area contributed by atoms with Crippen LogP contribution in [0.2, 0.25) is 0 Å². The summed E-state index contributed by atoms with van der Waals surface area (Å²) in [5.41, 5.74) is 1.03. The van der Waals surface area contributed by atoms with Gasteiger partial charge in [-0.2, -0.15) is 18.3 Å². The van der Waals surface area contributed by atoms with Crippen LogP contribution in [-0.2, 0) is 6.18 Å². The number of aromatic amines is 1. The molecule has 0 bridgehead atoms. The van der Waals surface area contributed by atoms with Crippen LogP contribution in [0.1, 0.15) is 21.6 Å². The second kappa shape index (κ2) is 6.12. The van der Waals surface area contributed by atoms with Gasteiger partial charge in [0.1, 0.15) is 5.00 Å². The maximum atomic E-state index is 12.9. The fraction of sp³-hybridized carbons (Fsp3) is 0.125. The van der Waals surface area contributed by atoms with Crippen LogP contribution < -0.4 is 5.32 Å². The summed E-state index contributed by atoms with van der Waals surface area (Å²) in [6.07, 6.45) is -3.80. The minimum atomic E-state index is -4.67. The van der Waals surface area contributed by atoms with Gasteiger partial charge in [0.25, 0.3) is 5.91 Å². The second-order valence-electron chi connectivity index (χ2n) is 5.14. The monoisotopic (exact) mass is 351 g/mol. The van der Waals surface area contributed by atoms with Crippen LogP contribution >= 0.6 is 11.3 Å². The molecule has 2 N–H and O–H groups in total. The number of carbonyl (C=O) groups excluding carboxylic acids is 1. The number of nitrogens with zero attached hydrogens (tertiary/aromatic N) is 1. The van der Waals surface area contributed by atoms with Crippen molar-refractivity contribution in [3.63, 3.8) is 0 Å². The van der Waals surface area contributed by atoms with Crippen LogP contribution in [0.5, 0.6) is 0 Å². The molecular formula is C16H12F3N3OS. The molecule has 3 aromatic rings. The summed E-state index contributed by atoms with van der Waals surface area (Å²) in [5.74, 6) is -0.855. The first-order chi connectivity index (χ1) is 11.4. The van der Waals surface area contributed by atoms with Crippen LogP contribution in [0.25, 0.3) is 11.1 Å². The number of thiophene rings is 1. The summed E-state index contributed by atoms with van der Waals surface area (Å²) in [5, 5.41) is 9.94. The number of nitrogens with one attached hydrogen (secondary N) is 2. The van der Waals surface area contributed by atoms with E-state index in [4.69, 9.17) is 0 Å². The van der Waals surface area contributed by atoms with E-state index in [1.807, 2.05) is 42.4 Å². The zero-order chi connectivity index (χ0) is 17.3. The fourth-order valence-electron chi connectivity index (χ4n) is 2.21. The van der Waals surface area contributed by atoms with Crippen molar-refractivity contribution in [1.29, 1.82) is 0 Å². The number of H-pyrrole nitrogens is 1. The smallest absolute Gasteiger partial charge is 0.313 e. The Balaban J connectivity index is 1.88. The first-order valence-corrected chi connectivity index (χ1v) is 7.80. The van der Waals surface area contributed by atoms with E-state index >= 15 is 0 Å². The van der Waals surface area contributed by atoms with Gasteiger partial charge < -0.3 is 5.32 Å². The molecular weight excluding hydrogens is 339 g/mol. The number of halogens is 3. The number of aromatic nitrogens is 2. The zero-order valence-corrected chi connectivity index (χ0v) is 13.3. The van der Waals surface area contributed by atoms with Gasteiger partial charge in [-0.1, -0.05) is 29.8 Å². The number of hydrogen-bond donors (Lipinski definition) is 2. The van der Waals surface area contributed by atoms with Gasteiger partial charge in [0.05, 0.1) is 11.8 Å². The average Bonchev–Trinajstić information content (AvgIpc) is 3.16. The summed E-state index contributed by atoms with van der Waals surface area (Å²) < 4.78 is 38.6. The van der Waals surface area contributed by atoms with Crippen molar-refractivity contribution < 1.29 is 18.0 Å². The number of carbonyl (C=O) groups is 1. The molecule has 0 atom stereocenters. The summed E-state index contributed by atoms with van der Waals surface area (Å²) in [6, 6.07) is 9.45. The molecule has 2 heterocycles. The molecule has 0 aliphatic heterocycles. The minimum Gasteiger partial charge on any atom is -0.313 e. The van der Waals surface area contributed by atoms with E-state index in [0.29, 0.717) is 5.00 Å². The summed E-state index contributed by atoms with van der Waals surface area (Å²) >= 11 is 1.24. The lowest BCUT2D eigenvalue weighted by Gasteiger charge is -2.09. The molecule has 8 heteroatoms. The van der Waals surface area contributed by atoms with E-state index in [1.54, 1.807) is 5.38 Å². The molecule has 0 fully saturated rings. The number of hydrogen-bond acceptors (Lipinski definition) is 3. The largest absolute Gasteiger partial charge is 0.433 e. The molecule has 0 saturated carbocycles. The van der Waals surface area contributed by atoms with E-state index in [0.717, 1.165) is 22.9 Å². The summed E-state index contributed by atoms with van der Waals surface area (Å²) in [6.45, 7) is 1.96. The zero-order valence-electron chi connectivity index (χ0n) is 12.4. The van der Waals surface area contributed by atoms with Gasteiger partial charge in [0.15, 0.2) is 5.69 Å². The lowest BCUT2D eigenvalue weighted by Crippen LogP contribution is -2.17. The number of amides is 1. The lowest BCUT2D eigenvalue weighted by atomic mass is 10.1. The predicted molar refractivity (Wildman–Crippen MR) is 86.0 cm³/mol. The quantitative estimate of drug-likeness (QED) is 0.717. The normalized spacial score (nSPS) is 11.5. The molecule has 4 nitrogen and oxygen atoms in total. The molecule has 1 amide bonds. The Labute approximate surface area is 139 Å². The van der Waals surface area contributed by atoms with Gasteiger partial charge in [-0.25, -0.2) is 0 Å². The summed E-state index contributed by atoms with van der Waals surface area (Å²) in [7, 11) is 0. The molecule has 24 heavy (non-hydrogen) atoms. The molecule has 1 aromatic carbocycles. The van der Waals surface area contributed by atoms with Crippen LogP contribution in [0.15, 0.2) is 41.9 Å². The van der Waals surface area contributed by atoms with Gasteiger partial charge in [-0.3, -0.25) is 9.89 Å². The Bertz CT molecular complexity index is 865. The summed E-state index contributed by atoms with van der Waals surface area (Å²) in [4.78, 5) is 12.2. The molecule has 124 valence electrons. The number of alkyl halides is 3. The molecule has 0 unspecified atom stereocenters. The van der Waals surface area contributed by atoms with Crippen LogP contribution in [0, 0.1) is 6.92 Å². The molecule has 0 saturated heterocycles. The Kier molecular flexibility index (Phi) is 4.15. The number of aryl methyl sites for hydroxylation is 1. The SMILES string of the molecule is Cc1ccc(-c2ccsc2NC(=O)c2cn[nH]c2C(F)(F)F)cc1. The van der Waals surface area contributed by atoms with Gasteiger partial charge in [0, 0.05) is 5.56 Å². The first kappa shape index (κ1) is 16.3. The number of benzene rings is 1. The van der Waals surface area contributed by atoms with E-state index in [9.17, 15) is 18.0 Å². The highest BCUT2D eigenvalue weighted by molar-refractivity contribution is 7.15. The van der Waals surface area contributed by atoms with Crippen LogP contribution in [-0.4, -0.2) is 16.1 Å². The second-order valence-corrected chi connectivity index (χ2v) is 6.06. The van der Waals surface area contributed by atoms with E-state index in [1.165, 1.54) is 11.3 Å². The first-order valence-electron chi connectivity index (χ1n) is 6.92. The van der Waals surface area contributed by atoms with E-state index in [2.05, 4.69) is 10.4 Å². The maximum Gasteiger partial charge on any atom is 0.433 e. The van der Waals surface area contributed by atoms with Crippen molar-refractivity contribution in [3.05, 3.63) is 58.7 Å². The van der Waals surface area contributed by atoms with Crippen LogP contribution in [0.4, 0.5) is 18.2 Å². The Morgan fingerprint density at radius 2 is 1.92 bits per heavy atom. The Morgan fingerprint density at radius 3 is 2.58 bits per heavy atom. The fourth-order valence-corrected chi connectivity index (χ4v) is 3.02. The Morgan fingerprint density at radius 1 is 1.21 bits per heavy atom. The highest BCUT2D eigenvalue weighted by Gasteiger charge is 2.37. The number of anilines is 1. The van der Waals surface area contributed by atoms with Gasteiger partial charge in [-0.15, -0.1) is 11.3 Å². The van der Waals surface area contributed by atoms with Crippen molar-refractivity contribution in [2.75, 3.05) is 5.32 Å². The average molecular weight is 351 g/mol. The predicted octanol–water partition coefficient (Wildman–Crippen LogP) is 4.72. The van der Waals surface area contributed by atoms with Crippen LogP contribution in [0.3, 0.4) is 0 Å².